The van der Waals surface area contributed by atoms with Gasteiger partial charge in [-0.1, -0.05) is 18.2 Å². The van der Waals surface area contributed by atoms with Gasteiger partial charge in [0.25, 0.3) is 5.91 Å². The van der Waals surface area contributed by atoms with E-state index < -0.39 is 60.3 Å². The van der Waals surface area contributed by atoms with Crippen LogP contribution in [-0.2, 0) is 32.9 Å². The van der Waals surface area contributed by atoms with E-state index in [9.17, 15) is 41.8 Å². The molecule has 1 saturated heterocycles. The van der Waals surface area contributed by atoms with Crippen molar-refractivity contribution in [1.29, 1.82) is 0 Å². The number of halogens is 4. The lowest BCUT2D eigenvalue weighted by molar-refractivity contribution is -0.303. The summed E-state index contributed by atoms with van der Waals surface area (Å²) in [5.74, 6) is -3.00. The number of fused-ring (bicyclic) bond motifs is 2. The molecule has 2 aromatic carbocycles. The molecule has 10 nitrogen and oxygen atoms in total. The Kier molecular flexibility index (Phi) is 7.02. The molecule has 0 saturated carbocycles. The first-order valence-electron chi connectivity index (χ1n) is 11.7. The molecule has 0 bridgehead atoms. The van der Waals surface area contributed by atoms with Crippen LogP contribution in [-0.4, -0.2) is 64.3 Å². The van der Waals surface area contributed by atoms with Crippen molar-refractivity contribution in [3.8, 4) is 0 Å². The summed E-state index contributed by atoms with van der Waals surface area (Å²) in [7, 11) is 1.43. The van der Waals surface area contributed by atoms with Gasteiger partial charge in [-0.2, -0.15) is 13.2 Å². The molecule has 3 N–H and O–H groups in total. The third kappa shape index (κ3) is 4.99. The van der Waals surface area contributed by atoms with Crippen LogP contribution < -0.4 is 10.6 Å². The molecule has 5 amide bonds. The predicted octanol–water partition coefficient (Wildman–Crippen LogP) is 3.00. The van der Waals surface area contributed by atoms with Crippen molar-refractivity contribution in [2.24, 2.45) is 0 Å². The Balaban J connectivity index is 1.59. The van der Waals surface area contributed by atoms with Crippen LogP contribution in [0.25, 0.3) is 0 Å². The summed E-state index contributed by atoms with van der Waals surface area (Å²) in [6.45, 7) is -1.58. The molecule has 1 aliphatic heterocycles. The molecular weight excluding hydrogens is 528 g/mol. The minimum absolute atomic E-state index is 0.0145. The average Bonchev–Trinajstić information content (AvgIpc) is 3.34. The quantitative estimate of drug-likeness (QED) is 0.374. The second-order valence-electron chi connectivity index (χ2n) is 9.29. The molecule has 1 aliphatic carbocycles. The maximum absolute atomic E-state index is 13.7. The Morgan fingerprint density at radius 1 is 1.15 bits per heavy atom. The number of carbonyl (C=O) groups is 4. The summed E-state index contributed by atoms with van der Waals surface area (Å²) in [6.07, 6.45) is -6.24. The van der Waals surface area contributed by atoms with Crippen LogP contribution in [0.5, 0.6) is 0 Å². The number of hydrogen-bond donors (Lipinski definition) is 3. The number of nitrogens with zero attached hydrogens (tertiary/aromatic N) is 2. The number of nitrogens with one attached hydrogen (secondary N) is 2. The summed E-state index contributed by atoms with van der Waals surface area (Å²) in [5.41, 5.74) is -4.07. The molecule has 2 aliphatic rings. The van der Waals surface area contributed by atoms with Crippen LogP contribution in [0.2, 0.25) is 0 Å². The number of anilines is 1. The van der Waals surface area contributed by atoms with Gasteiger partial charge in [0, 0.05) is 31.3 Å². The molecule has 4 rings (SSSR count). The van der Waals surface area contributed by atoms with Gasteiger partial charge < -0.3 is 25.4 Å². The van der Waals surface area contributed by atoms with Gasteiger partial charge in [0.05, 0.1) is 0 Å². The number of rotatable bonds is 6. The van der Waals surface area contributed by atoms with Crippen molar-refractivity contribution in [1.82, 2.24) is 15.1 Å². The zero-order chi connectivity index (χ0) is 28.8. The number of hydrogen-bond acceptors (Lipinski definition) is 6. The fourth-order valence-electron chi connectivity index (χ4n) is 4.56. The first kappa shape index (κ1) is 27.8. The molecule has 1 spiro atoms. The number of amides is 5. The van der Waals surface area contributed by atoms with E-state index in [4.69, 9.17) is 4.74 Å². The maximum atomic E-state index is 13.7. The van der Waals surface area contributed by atoms with Gasteiger partial charge in [-0.25, -0.2) is 18.9 Å². The topological polar surface area (TPSA) is 128 Å². The smallest absolute Gasteiger partial charge is 0.427 e. The highest BCUT2D eigenvalue weighted by atomic mass is 19.4. The van der Waals surface area contributed by atoms with Crippen molar-refractivity contribution >= 4 is 29.6 Å². The second-order valence-corrected chi connectivity index (χ2v) is 9.29. The Morgan fingerprint density at radius 3 is 2.44 bits per heavy atom. The Hall–Kier alpha value is -4.20. The molecular formula is C25H24F4N4O6. The zero-order valence-electron chi connectivity index (χ0n) is 20.8. The lowest BCUT2D eigenvalue weighted by Gasteiger charge is -2.38. The van der Waals surface area contributed by atoms with Crippen LogP contribution in [0.1, 0.15) is 30.0 Å². The van der Waals surface area contributed by atoms with Crippen molar-refractivity contribution in [3.63, 3.8) is 0 Å². The van der Waals surface area contributed by atoms with Crippen molar-refractivity contribution in [3.05, 3.63) is 65.0 Å². The van der Waals surface area contributed by atoms with Crippen LogP contribution in [0.4, 0.5) is 32.8 Å². The SMILES string of the molecule is CNC(=O)Nc1ccc2c(c1)CC[C@@]21OC(=O)N(CC(=O)N(Cc2ccc(F)cc2)C(C)(O)C(F)(F)F)C1=O. The molecule has 2 aromatic rings. The molecule has 1 fully saturated rings. The molecule has 0 radical (unpaired) electrons. The first-order valence-corrected chi connectivity index (χ1v) is 11.7. The van der Waals surface area contributed by atoms with E-state index in [1.807, 2.05) is 0 Å². The van der Waals surface area contributed by atoms with E-state index in [1.165, 1.54) is 19.2 Å². The maximum Gasteiger partial charge on any atom is 0.436 e. The van der Waals surface area contributed by atoms with Gasteiger partial charge >= 0.3 is 18.3 Å². The number of aliphatic hydroxyl groups is 1. The van der Waals surface area contributed by atoms with E-state index >= 15 is 0 Å². The van der Waals surface area contributed by atoms with Gasteiger partial charge in [-0.3, -0.25) is 9.59 Å². The predicted molar refractivity (Wildman–Crippen MR) is 126 cm³/mol. The average molecular weight is 552 g/mol. The number of ether oxygens (including phenoxy) is 1. The van der Waals surface area contributed by atoms with Gasteiger partial charge in [-0.15, -0.1) is 0 Å². The highest BCUT2D eigenvalue weighted by Crippen LogP contribution is 2.46. The molecule has 39 heavy (non-hydrogen) atoms. The van der Waals surface area contributed by atoms with E-state index in [1.54, 1.807) is 6.07 Å². The highest BCUT2D eigenvalue weighted by Gasteiger charge is 2.60. The van der Waals surface area contributed by atoms with E-state index in [0.29, 0.717) is 28.6 Å². The Morgan fingerprint density at radius 2 is 1.82 bits per heavy atom. The Labute approximate surface area is 219 Å². The molecule has 2 atom stereocenters. The summed E-state index contributed by atoms with van der Waals surface area (Å²) in [4.78, 5) is 51.3. The minimum Gasteiger partial charge on any atom is -0.427 e. The summed E-state index contributed by atoms with van der Waals surface area (Å²) >= 11 is 0. The van der Waals surface area contributed by atoms with Crippen molar-refractivity contribution < 1.29 is 46.6 Å². The van der Waals surface area contributed by atoms with Crippen LogP contribution in [0.3, 0.4) is 0 Å². The lowest BCUT2D eigenvalue weighted by atomic mass is 9.94. The lowest BCUT2D eigenvalue weighted by Crippen LogP contribution is -2.60. The number of imide groups is 1. The summed E-state index contributed by atoms with van der Waals surface area (Å²) in [5, 5.41) is 15.3. The molecule has 208 valence electrons. The fraction of sp³-hybridized carbons (Fsp3) is 0.360. The monoisotopic (exact) mass is 552 g/mol. The van der Waals surface area contributed by atoms with Gasteiger partial charge in [0.1, 0.15) is 12.4 Å². The van der Waals surface area contributed by atoms with E-state index in [0.717, 1.165) is 24.3 Å². The second kappa shape index (κ2) is 9.84. The van der Waals surface area contributed by atoms with Crippen molar-refractivity contribution in [2.75, 3.05) is 18.9 Å². The minimum atomic E-state index is -5.30. The van der Waals surface area contributed by atoms with E-state index in [-0.39, 0.29) is 23.3 Å². The van der Waals surface area contributed by atoms with Crippen LogP contribution in [0, 0.1) is 5.82 Å². The largest absolute Gasteiger partial charge is 0.436 e. The number of alkyl halides is 3. The standard InChI is InChI=1S/C25H24F4N4O6/c1-23(38,25(27,28)29)33(12-14-3-5-16(26)6-4-14)19(34)13-32-20(35)24(39-22(32)37)10-9-15-11-17(7-8-18(15)24)31-21(36)30-2/h3-8,11,38H,9-10,12-13H2,1-2H3,(H2,30,31,36)/t23?,24-/m1/s1. The summed E-state index contributed by atoms with van der Waals surface area (Å²) < 4.78 is 59.8. The normalized spacial score (nSPS) is 19.9. The summed E-state index contributed by atoms with van der Waals surface area (Å²) in [6, 6.07) is 8.30. The third-order valence-corrected chi connectivity index (χ3v) is 6.76. The molecule has 0 aromatic heterocycles. The molecule has 1 heterocycles. The Bertz CT molecular complexity index is 1330. The number of urea groups is 1. The first-order chi connectivity index (χ1) is 18.2. The van der Waals surface area contributed by atoms with Gasteiger partial charge in [0.2, 0.25) is 17.2 Å². The third-order valence-electron chi connectivity index (χ3n) is 6.76. The number of benzene rings is 2. The highest BCUT2D eigenvalue weighted by molar-refractivity contribution is 6.06. The van der Waals surface area contributed by atoms with Crippen LogP contribution >= 0.6 is 0 Å². The van der Waals surface area contributed by atoms with Gasteiger partial charge in [-0.05, 0) is 48.7 Å². The number of carbonyl (C=O) groups excluding carboxylic acids is 4. The molecule has 1 unspecified atom stereocenters. The van der Waals surface area contributed by atoms with E-state index in [2.05, 4.69) is 10.6 Å². The zero-order valence-corrected chi connectivity index (χ0v) is 20.8. The van der Waals surface area contributed by atoms with Crippen LogP contribution in [0.15, 0.2) is 42.5 Å². The molecule has 14 heteroatoms. The number of aryl methyl sites for hydroxylation is 1. The van der Waals surface area contributed by atoms with Crippen molar-refractivity contribution in [2.45, 2.75) is 43.8 Å². The van der Waals surface area contributed by atoms with Gasteiger partial charge in [0.15, 0.2) is 0 Å². The fourth-order valence-corrected chi connectivity index (χ4v) is 4.56.